The molecule has 2 atom stereocenters. The van der Waals surface area contributed by atoms with Crippen LogP contribution in [0.1, 0.15) is 44.7 Å². The number of carbonyl (C=O) groups excluding carboxylic acids is 1. The Kier molecular flexibility index (Phi) is 6.92. The van der Waals surface area contributed by atoms with E-state index < -0.39 is 0 Å². The maximum absolute atomic E-state index is 11.2. The van der Waals surface area contributed by atoms with Crippen LogP contribution in [0.25, 0.3) is 0 Å². The SMILES string of the molecule is CC(=O)N[C@@H](C)c1ccc(O[C@@H]2CCN(c3ccnc(OC4CCOCC4)c3)C2)cc1. The minimum atomic E-state index is -0.0312. The first kappa shape index (κ1) is 21.4. The molecule has 2 aliphatic heterocycles. The fourth-order valence-corrected chi connectivity index (χ4v) is 4.10. The predicted molar refractivity (Wildman–Crippen MR) is 119 cm³/mol. The second-order valence-electron chi connectivity index (χ2n) is 8.25. The number of anilines is 1. The summed E-state index contributed by atoms with van der Waals surface area (Å²) in [5, 5.41) is 2.90. The highest BCUT2D eigenvalue weighted by Gasteiger charge is 2.25. The zero-order valence-electron chi connectivity index (χ0n) is 18.3. The van der Waals surface area contributed by atoms with Crippen LogP contribution in [0.4, 0.5) is 5.69 Å². The molecule has 0 saturated carbocycles. The molecule has 7 heteroatoms. The number of carbonyl (C=O) groups is 1. The van der Waals surface area contributed by atoms with Gasteiger partial charge in [0.15, 0.2) is 0 Å². The van der Waals surface area contributed by atoms with Crippen molar-refractivity contribution in [3.8, 4) is 11.6 Å². The van der Waals surface area contributed by atoms with Crippen molar-refractivity contribution in [1.29, 1.82) is 0 Å². The second kappa shape index (κ2) is 10.0. The number of benzene rings is 1. The van der Waals surface area contributed by atoms with Crippen LogP contribution in [0.15, 0.2) is 42.6 Å². The minimum absolute atomic E-state index is 0.0160. The van der Waals surface area contributed by atoms with Crippen LogP contribution in [0, 0.1) is 0 Å². The largest absolute Gasteiger partial charge is 0.489 e. The average Bonchev–Trinajstić information content (AvgIpc) is 3.23. The second-order valence-corrected chi connectivity index (χ2v) is 8.25. The van der Waals surface area contributed by atoms with E-state index >= 15 is 0 Å². The number of aromatic nitrogens is 1. The Hall–Kier alpha value is -2.80. The highest BCUT2D eigenvalue weighted by molar-refractivity contribution is 5.73. The van der Waals surface area contributed by atoms with E-state index in [9.17, 15) is 4.79 Å². The van der Waals surface area contributed by atoms with Gasteiger partial charge in [-0.05, 0) is 30.7 Å². The van der Waals surface area contributed by atoms with E-state index in [0.29, 0.717) is 5.88 Å². The molecule has 7 nitrogen and oxygen atoms in total. The summed E-state index contributed by atoms with van der Waals surface area (Å²) in [6.45, 7) is 6.77. The Balaban J connectivity index is 1.31. The molecule has 1 amide bonds. The smallest absolute Gasteiger partial charge is 0.217 e. The molecule has 1 aromatic heterocycles. The van der Waals surface area contributed by atoms with Gasteiger partial charge in [-0.2, -0.15) is 0 Å². The van der Waals surface area contributed by atoms with Crippen LogP contribution in [0.3, 0.4) is 0 Å². The van der Waals surface area contributed by atoms with E-state index in [1.807, 2.05) is 49.5 Å². The highest BCUT2D eigenvalue weighted by Crippen LogP contribution is 2.27. The van der Waals surface area contributed by atoms with Crippen LogP contribution >= 0.6 is 0 Å². The standard InChI is InChI=1S/C24H31N3O4/c1-17(26-18(2)28)19-3-5-21(6-4-19)30-23-8-12-27(16-23)20-7-11-25-24(15-20)31-22-9-13-29-14-10-22/h3-7,11,15,17,22-23H,8-10,12-14,16H2,1-2H3,(H,26,28)/t17-,23+/m0/s1. The average molecular weight is 426 g/mol. The van der Waals surface area contributed by atoms with E-state index in [-0.39, 0.29) is 24.2 Å². The summed E-state index contributed by atoms with van der Waals surface area (Å²) in [5.41, 5.74) is 2.17. The third kappa shape index (κ3) is 5.88. The van der Waals surface area contributed by atoms with Crippen molar-refractivity contribution >= 4 is 11.6 Å². The quantitative estimate of drug-likeness (QED) is 0.732. The number of hydrogen-bond acceptors (Lipinski definition) is 6. The van der Waals surface area contributed by atoms with E-state index in [1.165, 1.54) is 6.92 Å². The van der Waals surface area contributed by atoms with Crippen LogP contribution < -0.4 is 19.7 Å². The van der Waals surface area contributed by atoms with Crippen LogP contribution in [0.5, 0.6) is 11.6 Å². The fourth-order valence-electron chi connectivity index (χ4n) is 4.10. The topological polar surface area (TPSA) is 72.9 Å². The fraction of sp³-hybridized carbons (Fsp3) is 0.500. The van der Waals surface area contributed by atoms with Gasteiger partial charge in [0.25, 0.3) is 0 Å². The maximum atomic E-state index is 11.2. The van der Waals surface area contributed by atoms with Crippen molar-refractivity contribution < 1.29 is 19.0 Å². The van der Waals surface area contributed by atoms with Crippen molar-refractivity contribution in [2.75, 3.05) is 31.2 Å². The number of nitrogens with zero attached hydrogens (tertiary/aromatic N) is 2. The molecule has 1 aromatic carbocycles. The summed E-state index contributed by atoms with van der Waals surface area (Å²) in [7, 11) is 0. The van der Waals surface area contributed by atoms with Crippen LogP contribution in [-0.4, -0.2) is 49.4 Å². The summed E-state index contributed by atoms with van der Waals surface area (Å²) >= 11 is 0. The minimum Gasteiger partial charge on any atom is -0.489 e. The molecule has 0 bridgehead atoms. The van der Waals surface area contributed by atoms with Crippen molar-refractivity contribution in [2.45, 2.75) is 51.4 Å². The number of ether oxygens (including phenoxy) is 3. The first-order chi connectivity index (χ1) is 15.1. The molecule has 0 radical (unpaired) electrons. The van der Waals surface area contributed by atoms with Gasteiger partial charge in [0.1, 0.15) is 18.0 Å². The Labute approximate surface area is 183 Å². The lowest BCUT2D eigenvalue weighted by atomic mass is 10.1. The number of rotatable bonds is 7. The molecular formula is C24H31N3O4. The van der Waals surface area contributed by atoms with Gasteiger partial charge in [-0.15, -0.1) is 0 Å². The van der Waals surface area contributed by atoms with Gasteiger partial charge < -0.3 is 24.4 Å². The number of amides is 1. The molecule has 0 unspecified atom stereocenters. The molecule has 166 valence electrons. The van der Waals surface area contributed by atoms with Gasteiger partial charge >= 0.3 is 0 Å². The number of nitrogens with one attached hydrogen (secondary N) is 1. The summed E-state index contributed by atoms with van der Waals surface area (Å²) in [5.74, 6) is 1.50. The molecule has 2 saturated heterocycles. The number of pyridine rings is 1. The number of hydrogen-bond donors (Lipinski definition) is 1. The van der Waals surface area contributed by atoms with Crippen molar-refractivity contribution in [1.82, 2.24) is 10.3 Å². The summed E-state index contributed by atoms with van der Waals surface area (Å²) in [4.78, 5) is 17.9. The molecule has 2 aromatic rings. The maximum Gasteiger partial charge on any atom is 0.217 e. The van der Waals surface area contributed by atoms with Crippen LogP contribution in [0.2, 0.25) is 0 Å². The molecule has 31 heavy (non-hydrogen) atoms. The molecule has 2 fully saturated rings. The lowest BCUT2D eigenvalue weighted by Gasteiger charge is -2.24. The van der Waals surface area contributed by atoms with E-state index in [1.54, 1.807) is 0 Å². The van der Waals surface area contributed by atoms with Gasteiger partial charge in [-0.1, -0.05) is 12.1 Å². The molecule has 0 aliphatic carbocycles. The Morgan fingerprint density at radius 3 is 2.65 bits per heavy atom. The van der Waals surface area contributed by atoms with E-state index in [2.05, 4.69) is 15.2 Å². The molecule has 4 rings (SSSR count). The van der Waals surface area contributed by atoms with Crippen molar-refractivity contribution in [2.24, 2.45) is 0 Å². The van der Waals surface area contributed by atoms with Crippen LogP contribution in [-0.2, 0) is 9.53 Å². The van der Waals surface area contributed by atoms with E-state index in [4.69, 9.17) is 14.2 Å². The summed E-state index contributed by atoms with van der Waals surface area (Å²) in [6, 6.07) is 12.0. The summed E-state index contributed by atoms with van der Waals surface area (Å²) < 4.78 is 17.7. The normalized spacial score (nSPS) is 20.3. The van der Waals surface area contributed by atoms with E-state index in [0.717, 1.165) is 62.6 Å². The van der Waals surface area contributed by atoms with Gasteiger partial charge in [0.05, 0.1) is 25.8 Å². The predicted octanol–water partition coefficient (Wildman–Crippen LogP) is 3.49. The molecule has 0 spiro atoms. The molecule has 2 aliphatic rings. The Morgan fingerprint density at radius 1 is 1.13 bits per heavy atom. The first-order valence-electron chi connectivity index (χ1n) is 11.1. The Bertz CT molecular complexity index is 867. The lowest BCUT2D eigenvalue weighted by Crippen LogP contribution is -2.27. The summed E-state index contributed by atoms with van der Waals surface area (Å²) in [6.07, 6.45) is 4.91. The van der Waals surface area contributed by atoms with Gasteiger partial charge in [0, 0.05) is 50.7 Å². The zero-order chi connectivity index (χ0) is 21.6. The van der Waals surface area contributed by atoms with Gasteiger partial charge in [-0.3, -0.25) is 4.79 Å². The monoisotopic (exact) mass is 425 g/mol. The van der Waals surface area contributed by atoms with Crippen molar-refractivity contribution in [3.63, 3.8) is 0 Å². The third-order valence-corrected chi connectivity index (χ3v) is 5.79. The zero-order valence-corrected chi connectivity index (χ0v) is 18.3. The third-order valence-electron chi connectivity index (χ3n) is 5.79. The van der Waals surface area contributed by atoms with Gasteiger partial charge in [-0.25, -0.2) is 4.98 Å². The Morgan fingerprint density at radius 2 is 1.90 bits per heavy atom. The molecular weight excluding hydrogens is 394 g/mol. The molecule has 1 N–H and O–H groups in total. The highest BCUT2D eigenvalue weighted by atomic mass is 16.5. The van der Waals surface area contributed by atoms with Gasteiger partial charge in [0.2, 0.25) is 11.8 Å². The molecule has 3 heterocycles. The van der Waals surface area contributed by atoms with Crippen molar-refractivity contribution in [3.05, 3.63) is 48.2 Å². The first-order valence-corrected chi connectivity index (χ1v) is 11.1. The lowest BCUT2D eigenvalue weighted by molar-refractivity contribution is -0.119.